The first kappa shape index (κ1) is 15.8. The first-order valence-electron chi connectivity index (χ1n) is 8.65. The van der Waals surface area contributed by atoms with E-state index < -0.39 is 0 Å². The Hall–Kier alpha value is -2.75. The summed E-state index contributed by atoms with van der Waals surface area (Å²) in [6.45, 7) is 8.33. The highest BCUT2D eigenvalue weighted by Gasteiger charge is 2.24. The number of pyridine rings is 3. The third kappa shape index (κ3) is 2.40. The van der Waals surface area contributed by atoms with Crippen LogP contribution in [0.3, 0.4) is 0 Å². The van der Waals surface area contributed by atoms with Crippen molar-refractivity contribution in [3.63, 3.8) is 0 Å². The van der Waals surface area contributed by atoms with Gasteiger partial charge in [0.2, 0.25) is 0 Å². The van der Waals surface area contributed by atoms with Crippen LogP contribution in [-0.2, 0) is 11.8 Å². The fourth-order valence-electron chi connectivity index (χ4n) is 3.33. The summed E-state index contributed by atoms with van der Waals surface area (Å²) >= 11 is 0. The maximum Gasteiger partial charge on any atom is 0.199 e. The standard InChI is InChI=1S/C21H21N3O/c1-5-12-10-11-14-17-16(19(21(2,3)4)24-20(14)22-12)18(25)13-8-6-7-9-15(13)23-17/h6-11H,5H2,1-4H3,(H,23,25). The first-order valence-corrected chi connectivity index (χ1v) is 8.65. The molecule has 0 unspecified atom stereocenters. The number of para-hydroxylation sites is 1. The average Bonchev–Trinajstić information content (AvgIpc) is 2.60. The van der Waals surface area contributed by atoms with Gasteiger partial charge < -0.3 is 4.98 Å². The minimum Gasteiger partial charge on any atom is -0.354 e. The van der Waals surface area contributed by atoms with E-state index in [1.807, 2.05) is 36.4 Å². The molecule has 0 aliphatic heterocycles. The van der Waals surface area contributed by atoms with Gasteiger partial charge in [0.25, 0.3) is 0 Å². The number of fused-ring (bicyclic) bond motifs is 4. The predicted molar refractivity (Wildman–Crippen MR) is 103 cm³/mol. The molecule has 0 bridgehead atoms. The summed E-state index contributed by atoms with van der Waals surface area (Å²) in [4.78, 5) is 26.2. The van der Waals surface area contributed by atoms with Crippen LogP contribution >= 0.6 is 0 Å². The maximum atomic E-state index is 13.2. The zero-order valence-electron chi connectivity index (χ0n) is 15.0. The topological polar surface area (TPSA) is 58.6 Å². The van der Waals surface area contributed by atoms with Crippen molar-refractivity contribution in [2.75, 3.05) is 0 Å². The van der Waals surface area contributed by atoms with Gasteiger partial charge in [0.1, 0.15) is 0 Å². The average molecular weight is 331 g/mol. The number of hydrogen-bond donors (Lipinski definition) is 1. The van der Waals surface area contributed by atoms with E-state index in [1.165, 1.54) is 0 Å². The van der Waals surface area contributed by atoms with Crippen molar-refractivity contribution in [1.82, 2.24) is 15.0 Å². The molecule has 0 saturated heterocycles. The molecule has 0 saturated carbocycles. The zero-order chi connectivity index (χ0) is 17.8. The molecule has 0 atom stereocenters. The van der Waals surface area contributed by atoms with E-state index >= 15 is 0 Å². The van der Waals surface area contributed by atoms with Gasteiger partial charge in [-0.1, -0.05) is 39.8 Å². The summed E-state index contributed by atoms with van der Waals surface area (Å²) in [7, 11) is 0. The Kier molecular flexibility index (Phi) is 3.39. The third-order valence-corrected chi connectivity index (χ3v) is 4.64. The van der Waals surface area contributed by atoms with Gasteiger partial charge in [0, 0.05) is 27.4 Å². The van der Waals surface area contributed by atoms with Gasteiger partial charge in [-0.3, -0.25) is 4.79 Å². The van der Waals surface area contributed by atoms with Gasteiger partial charge in [-0.15, -0.1) is 0 Å². The summed E-state index contributed by atoms with van der Waals surface area (Å²) in [6.07, 6.45) is 0.856. The molecule has 0 radical (unpaired) electrons. The third-order valence-electron chi connectivity index (χ3n) is 4.64. The fraction of sp³-hybridized carbons (Fsp3) is 0.286. The van der Waals surface area contributed by atoms with E-state index in [0.717, 1.165) is 34.2 Å². The Labute approximate surface area is 145 Å². The number of benzene rings is 1. The second kappa shape index (κ2) is 5.38. The molecule has 0 aliphatic carbocycles. The number of nitrogens with one attached hydrogen (secondary N) is 1. The normalized spacial score (nSPS) is 12.3. The van der Waals surface area contributed by atoms with E-state index in [0.29, 0.717) is 16.4 Å². The molecular weight excluding hydrogens is 310 g/mol. The lowest BCUT2D eigenvalue weighted by molar-refractivity contribution is 0.577. The number of aryl methyl sites for hydroxylation is 1. The van der Waals surface area contributed by atoms with Gasteiger partial charge in [0.05, 0.1) is 16.6 Å². The largest absolute Gasteiger partial charge is 0.354 e. The van der Waals surface area contributed by atoms with Gasteiger partial charge in [-0.2, -0.15) is 0 Å². The Morgan fingerprint density at radius 2 is 1.76 bits per heavy atom. The summed E-state index contributed by atoms with van der Waals surface area (Å²) in [5.41, 5.74) is 3.93. The molecular formula is C21H21N3O. The molecule has 1 N–H and O–H groups in total. The predicted octanol–water partition coefficient (Wildman–Crippen LogP) is 4.48. The molecule has 4 aromatic rings. The molecule has 25 heavy (non-hydrogen) atoms. The number of aromatic amines is 1. The van der Waals surface area contributed by atoms with E-state index in [9.17, 15) is 4.79 Å². The van der Waals surface area contributed by atoms with Crippen molar-refractivity contribution >= 4 is 32.8 Å². The second-order valence-electron chi connectivity index (χ2n) is 7.49. The van der Waals surface area contributed by atoms with Crippen LogP contribution in [0.15, 0.2) is 41.2 Å². The van der Waals surface area contributed by atoms with E-state index in [4.69, 9.17) is 9.97 Å². The van der Waals surface area contributed by atoms with Crippen LogP contribution in [0.25, 0.3) is 32.8 Å². The molecule has 0 fully saturated rings. The van der Waals surface area contributed by atoms with Crippen molar-refractivity contribution in [2.24, 2.45) is 0 Å². The summed E-state index contributed by atoms with van der Waals surface area (Å²) < 4.78 is 0. The Morgan fingerprint density at radius 1 is 1.00 bits per heavy atom. The lowest BCUT2D eigenvalue weighted by Gasteiger charge is -2.21. The van der Waals surface area contributed by atoms with E-state index in [-0.39, 0.29) is 10.8 Å². The van der Waals surface area contributed by atoms with Crippen molar-refractivity contribution < 1.29 is 0 Å². The molecule has 4 heteroatoms. The molecule has 4 rings (SSSR count). The molecule has 3 heterocycles. The van der Waals surface area contributed by atoms with Crippen LogP contribution < -0.4 is 5.43 Å². The van der Waals surface area contributed by atoms with Crippen molar-refractivity contribution in [1.29, 1.82) is 0 Å². The minimum atomic E-state index is -0.258. The first-order chi connectivity index (χ1) is 11.9. The quantitative estimate of drug-likeness (QED) is 0.413. The lowest BCUT2D eigenvalue weighted by Crippen LogP contribution is -2.19. The monoisotopic (exact) mass is 331 g/mol. The van der Waals surface area contributed by atoms with Gasteiger partial charge in [-0.25, -0.2) is 9.97 Å². The minimum absolute atomic E-state index is 0.0308. The number of H-pyrrole nitrogens is 1. The van der Waals surface area contributed by atoms with Crippen LogP contribution in [0.1, 0.15) is 39.1 Å². The molecule has 1 aromatic carbocycles. The van der Waals surface area contributed by atoms with E-state index in [2.05, 4.69) is 32.7 Å². The van der Waals surface area contributed by atoms with Crippen LogP contribution in [0, 0.1) is 0 Å². The van der Waals surface area contributed by atoms with Crippen LogP contribution in [0.2, 0.25) is 0 Å². The summed E-state index contributed by atoms with van der Waals surface area (Å²) in [5.74, 6) is 0. The van der Waals surface area contributed by atoms with Gasteiger partial charge in [-0.05, 0) is 30.7 Å². The number of aromatic nitrogens is 3. The molecule has 4 nitrogen and oxygen atoms in total. The van der Waals surface area contributed by atoms with Gasteiger partial charge in [0.15, 0.2) is 11.1 Å². The summed E-state index contributed by atoms with van der Waals surface area (Å²) in [5, 5.41) is 2.26. The number of nitrogens with zero attached hydrogens (tertiary/aromatic N) is 2. The number of hydrogen-bond acceptors (Lipinski definition) is 3. The molecule has 3 aromatic heterocycles. The van der Waals surface area contributed by atoms with Crippen molar-refractivity contribution in [2.45, 2.75) is 39.5 Å². The van der Waals surface area contributed by atoms with Crippen molar-refractivity contribution in [3.8, 4) is 0 Å². The fourth-order valence-corrected chi connectivity index (χ4v) is 3.33. The second-order valence-corrected chi connectivity index (χ2v) is 7.49. The smallest absolute Gasteiger partial charge is 0.199 e. The highest BCUT2D eigenvalue weighted by molar-refractivity contribution is 6.07. The molecule has 126 valence electrons. The molecule has 0 amide bonds. The summed E-state index contributed by atoms with van der Waals surface area (Å²) in [6, 6.07) is 11.7. The van der Waals surface area contributed by atoms with Crippen LogP contribution in [0.5, 0.6) is 0 Å². The lowest BCUT2D eigenvalue weighted by atomic mass is 9.88. The Bertz CT molecular complexity index is 1180. The van der Waals surface area contributed by atoms with E-state index in [1.54, 1.807) is 0 Å². The van der Waals surface area contributed by atoms with Gasteiger partial charge >= 0.3 is 0 Å². The number of rotatable bonds is 1. The molecule has 0 aliphatic rings. The SMILES string of the molecule is CCc1ccc2c(n1)nc(C(C)(C)C)c1c(=O)c3ccccc3[nH]c12. The highest BCUT2D eigenvalue weighted by atomic mass is 16.1. The zero-order valence-corrected chi connectivity index (χ0v) is 15.0. The van der Waals surface area contributed by atoms with Crippen LogP contribution in [0.4, 0.5) is 0 Å². The molecule has 0 spiro atoms. The van der Waals surface area contributed by atoms with Crippen molar-refractivity contribution in [3.05, 3.63) is 58.0 Å². The Balaban J connectivity index is 2.30. The van der Waals surface area contributed by atoms with Crippen LogP contribution in [-0.4, -0.2) is 15.0 Å². The Morgan fingerprint density at radius 3 is 2.48 bits per heavy atom. The maximum absolute atomic E-state index is 13.2. The highest BCUT2D eigenvalue weighted by Crippen LogP contribution is 2.31.